The molecular formula is C40H68Sn. The first kappa shape index (κ1) is 36.4. The normalized spacial score (nSPS) is 12.2. The molecule has 2 aromatic rings. The van der Waals surface area contributed by atoms with Gasteiger partial charge in [-0.15, -0.1) is 0 Å². The van der Waals surface area contributed by atoms with Crippen molar-refractivity contribution in [1.29, 1.82) is 0 Å². The summed E-state index contributed by atoms with van der Waals surface area (Å²) in [5.41, 5.74) is 3.27. The van der Waals surface area contributed by atoms with E-state index in [4.69, 9.17) is 0 Å². The summed E-state index contributed by atoms with van der Waals surface area (Å²) >= 11 is -2.60. The standard InChI is InChI=1S/C31H55.C7H7.2CH3.Sn/c1-3-5-7-9-11-13-15-17-19-22-26-30(31-28-24-21-25-29-31)27-23-20-18-16-14-12-10-8-6-4-2;1-7-5-3-2-4-6-7;;;/h21,24-25,28-29H,3-20,22-23,26-27H2,1-2H3;2-6H,1H2;2*1H3;. The summed E-state index contributed by atoms with van der Waals surface area (Å²) in [5.74, 6) is 0. The minimum atomic E-state index is -2.60. The van der Waals surface area contributed by atoms with Crippen LogP contribution in [0.5, 0.6) is 0 Å². The van der Waals surface area contributed by atoms with Crippen LogP contribution in [0.4, 0.5) is 0 Å². The van der Waals surface area contributed by atoms with Crippen molar-refractivity contribution in [2.75, 3.05) is 0 Å². The quantitative estimate of drug-likeness (QED) is 0.0692. The van der Waals surface area contributed by atoms with E-state index >= 15 is 0 Å². The van der Waals surface area contributed by atoms with Gasteiger partial charge in [0.05, 0.1) is 0 Å². The van der Waals surface area contributed by atoms with E-state index in [9.17, 15) is 0 Å². The van der Waals surface area contributed by atoms with Gasteiger partial charge in [-0.1, -0.05) is 13.8 Å². The van der Waals surface area contributed by atoms with Crippen molar-refractivity contribution in [3.8, 4) is 0 Å². The summed E-state index contributed by atoms with van der Waals surface area (Å²) in [7, 11) is 0. The van der Waals surface area contributed by atoms with Crippen molar-refractivity contribution in [3.05, 3.63) is 71.8 Å². The van der Waals surface area contributed by atoms with E-state index in [0.29, 0.717) is 3.43 Å². The molecule has 0 aliphatic carbocycles. The van der Waals surface area contributed by atoms with E-state index in [1.165, 1.54) is 146 Å². The predicted octanol–water partition coefficient (Wildman–Crippen LogP) is 13.6. The molecule has 0 heterocycles. The zero-order valence-corrected chi connectivity index (χ0v) is 30.9. The van der Waals surface area contributed by atoms with Gasteiger partial charge in [0.25, 0.3) is 0 Å². The van der Waals surface area contributed by atoms with Crippen LogP contribution in [0, 0.1) is 0 Å². The fourth-order valence-electron chi connectivity index (χ4n) is 7.34. The molecule has 0 aliphatic rings. The number of hydrogen-bond donors (Lipinski definition) is 0. The van der Waals surface area contributed by atoms with Crippen molar-refractivity contribution in [3.63, 3.8) is 0 Å². The Morgan fingerprint density at radius 3 is 1.17 bits per heavy atom. The van der Waals surface area contributed by atoms with E-state index in [1.807, 2.05) is 0 Å². The second kappa shape index (κ2) is 22.7. The van der Waals surface area contributed by atoms with Crippen LogP contribution in [0.1, 0.15) is 166 Å². The van der Waals surface area contributed by atoms with E-state index < -0.39 is 18.4 Å². The van der Waals surface area contributed by atoms with Gasteiger partial charge in [0, 0.05) is 0 Å². The van der Waals surface area contributed by atoms with Gasteiger partial charge < -0.3 is 0 Å². The molecule has 0 spiro atoms. The van der Waals surface area contributed by atoms with E-state index in [1.54, 1.807) is 11.1 Å². The van der Waals surface area contributed by atoms with Crippen molar-refractivity contribution < 1.29 is 0 Å². The van der Waals surface area contributed by atoms with Crippen molar-refractivity contribution in [2.24, 2.45) is 0 Å². The molecule has 0 saturated heterocycles. The molecule has 0 atom stereocenters. The molecule has 0 aliphatic heterocycles. The van der Waals surface area contributed by atoms with Gasteiger partial charge in [-0.2, -0.15) is 0 Å². The van der Waals surface area contributed by atoms with Crippen LogP contribution in [-0.2, 0) is 7.87 Å². The van der Waals surface area contributed by atoms with Crippen LogP contribution < -0.4 is 0 Å². The second-order valence-corrected chi connectivity index (χ2v) is 28.4. The Hall–Kier alpha value is -0.761. The number of benzene rings is 2. The van der Waals surface area contributed by atoms with Gasteiger partial charge in [0.2, 0.25) is 0 Å². The zero-order chi connectivity index (χ0) is 29.5. The van der Waals surface area contributed by atoms with Gasteiger partial charge in [-0.05, 0) is 0 Å². The Morgan fingerprint density at radius 1 is 0.439 bits per heavy atom. The fraction of sp³-hybridized carbons (Fsp3) is 0.700. The molecule has 1 heteroatoms. The topological polar surface area (TPSA) is 0 Å². The Morgan fingerprint density at radius 2 is 0.780 bits per heavy atom. The maximum absolute atomic E-state index is 2.79. The molecule has 0 amide bonds. The van der Waals surface area contributed by atoms with Crippen LogP contribution in [-0.4, -0.2) is 18.4 Å². The van der Waals surface area contributed by atoms with Crippen molar-refractivity contribution in [2.45, 2.75) is 173 Å². The van der Waals surface area contributed by atoms with Crippen LogP contribution in [0.2, 0.25) is 9.88 Å². The van der Waals surface area contributed by atoms with E-state index in [0.717, 1.165) is 0 Å². The van der Waals surface area contributed by atoms with Gasteiger partial charge in [-0.25, -0.2) is 0 Å². The van der Waals surface area contributed by atoms with Gasteiger partial charge in [0.15, 0.2) is 0 Å². The van der Waals surface area contributed by atoms with Crippen molar-refractivity contribution >= 4 is 18.4 Å². The van der Waals surface area contributed by atoms with Gasteiger partial charge >= 0.3 is 249 Å². The molecule has 232 valence electrons. The molecule has 0 nitrogen and oxygen atoms in total. The Labute approximate surface area is 261 Å². The van der Waals surface area contributed by atoms with E-state index in [-0.39, 0.29) is 0 Å². The predicted molar refractivity (Wildman–Crippen MR) is 189 cm³/mol. The number of unbranched alkanes of at least 4 members (excludes halogenated alkanes) is 18. The monoisotopic (exact) mass is 668 g/mol. The summed E-state index contributed by atoms with van der Waals surface area (Å²) in [6, 6.07) is 23.4. The molecular weight excluding hydrogens is 599 g/mol. The summed E-state index contributed by atoms with van der Waals surface area (Å²) in [6.07, 6.45) is 31.4. The summed E-state index contributed by atoms with van der Waals surface area (Å²) in [4.78, 5) is 5.59. The number of rotatable bonds is 26. The third-order valence-electron chi connectivity index (χ3n) is 10.0. The van der Waals surface area contributed by atoms with Crippen LogP contribution in [0.3, 0.4) is 0 Å². The third-order valence-corrected chi connectivity index (χ3v) is 23.4. The average Bonchev–Trinajstić information content (AvgIpc) is 2.98. The average molecular weight is 668 g/mol. The molecule has 0 aromatic heterocycles. The zero-order valence-electron chi connectivity index (χ0n) is 28.0. The van der Waals surface area contributed by atoms with Crippen LogP contribution >= 0.6 is 0 Å². The second-order valence-electron chi connectivity index (χ2n) is 13.9. The Balaban J connectivity index is 2.02. The molecule has 2 aromatic carbocycles. The first-order chi connectivity index (χ1) is 20.1. The van der Waals surface area contributed by atoms with Gasteiger partial charge in [0.1, 0.15) is 0 Å². The first-order valence-corrected chi connectivity index (χ1v) is 27.3. The molecule has 41 heavy (non-hydrogen) atoms. The molecule has 0 N–H and O–H groups in total. The minimum absolute atomic E-state index is 0.437. The summed E-state index contributed by atoms with van der Waals surface area (Å²) in [6.45, 7) is 4.63. The summed E-state index contributed by atoms with van der Waals surface area (Å²) in [5, 5.41) is 0. The Kier molecular flexibility index (Phi) is 20.2. The third kappa shape index (κ3) is 14.5. The molecule has 0 radical (unpaired) electrons. The SMILES string of the molecule is CCCCCCCCCCCC[C](CCCCCCCCCCCC)(c1ccccc1)[Sn]([CH3])([CH3])[CH2]c1ccccc1. The summed E-state index contributed by atoms with van der Waals surface area (Å²) < 4.78 is 1.80. The molecule has 0 bridgehead atoms. The maximum atomic E-state index is 2.79. The van der Waals surface area contributed by atoms with Gasteiger partial charge in [-0.3, -0.25) is 0 Å². The Bertz CT molecular complexity index is 816. The van der Waals surface area contributed by atoms with Crippen LogP contribution in [0.25, 0.3) is 0 Å². The molecule has 2 rings (SSSR count). The number of hydrogen-bond acceptors (Lipinski definition) is 0. The van der Waals surface area contributed by atoms with E-state index in [2.05, 4.69) is 84.4 Å². The molecule has 0 fully saturated rings. The fourth-order valence-corrected chi connectivity index (χ4v) is 19.5. The molecule has 0 saturated carbocycles. The van der Waals surface area contributed by atoms with Crippen LogP contribution in [0.15, 0.2) is 60.7 Å². The van der Waals surface area contributed by atoms with Crippen molar-refractivity contribution in [1.82, 2.24) is 0 Å². The molecule has 0 unspecified atom stereocenters. The first-order valence-electron chi connectivity index (χ1n) is 18.1.